The molecule has 0 aromatic carbocycles. The monoisotopic (exact) mass is 254 g/mol. The van der Waals surface area contributed by atoms with Gasteiger partial charge in [0.1, 0.15) is 0 Å². The molecule has 1 amide bonds. The van der Waals surface area contributed by atoms with Gasteiger partial charge in [-0.3, -0.25) is 4.79 Å². The molecule has 3 N–H and O–H groups in total. The van der Waals surface area contributed by atoms with Gasteiger partial charge in [-0.25, -0.2) is 0 Å². The molecule has 1 rings (SSSR count). The first-order chi connectivity index (χ1) is 8.33. The topological polar surface area (TPSA) is 55.1 Å². The molecule has 3 nitrogen and oxygen atoms in total. The molecule has 1 aliphatic rings. The molecule has 106 valence electrons. The molecule has 0 radical (unpaired) electrons. The average molecular weight is 254 g/mol. The first-order valence-electron chi connectivity index (χ1n) is 7.35. The van der Waals surface area contributed by atoms with Gasteiger partial charge < -0.3 is 11.1 Å². The second kappa shape index (κ2) is 6.55. The Bertz CT molecular complexity index is 274. The largest absolute Gasteiger partial charge is 0.356 e. The zero-order valence-corrected chi connectivity index (χ0v) is 12.5. The Labute approximate surface area is 112 Å². The molecular formula is C15H30N2O. The molecule has 0 aliphatic heterocycles. The van der Waals surface area contributed by atoms with Gasteiger partial charge in [0.2, 0.25) is 5.91 Å². The Hall–Kier alpha value is -0.570. The van der Waals surface area contributed by atoms with Gasteiger partial charge in [0, 0.05) is 19.0 Å². The first kappa shape index (κ1) is 15.5. The summed E-state index contributed by atoms with van der Waals surface area (Å²) in [6, 6.07) is 0.225. The molecular weight excluding hydrogens is 224 g/mol. The third-order valence-corrected chi connectivity index (χ3v) is 4.72. The quantitative estimate of drug-likeness (QED) is 0.792. The van der Waals surface area contributed by atoms with Crippen LogP contribution in [0.5, 0.6) is 0 Å². The van der Waals surface area contributed by atoms with Gasteiger partial charge in [-0.05, 0) is 30.1 Å². The SMILES string of the molecule is CC(C)C(C)(C)CNC(=O)CC1CCCCC1N. The van der Waals surface area contributed by atoms with E-state index in [-0.39, 0.29) is 17.4 Å². The van der Waals surface area contributed by atoms with Crippen LogP contribution in [-0.4, -0.2) is 18.5 Å². The molecule has 0 heterocycles. The van der Waals surface area contributed by atoms with E-state index < -0.39 is 0 Å². The molecule has 3 heteroatoms. The number of amides is 1. The third-order valence-electron chi connectivity index (χ3n) is 4.72. The van der Waals surface area contributed by atoms with Gasteiger partial charge in [0.05, 0.1) is 0 Å². The second-order valence-electron chi connectivity index (χ2n) is 6.83. The Morgan fingerprint density at radius 3 is 2.50 bits per heavy atom. The van der Waals surface area contributed by atoms with Crippen LogP contribution in [0.4, 0.5) is 0 Å². The summed E-state index contributed by atoms with van der Waals surface area (Å²) >= 11 is 0. The smallest absolute Gasteiger partial charge is 0.220 e. The van der Waals surface area contributed by atoms with E-state index in [0.29, 0.717) is 18.3 Å². The van der Waals surface area contributed by atoms with Gasteiger partial charge in [-0.2, -0.15) is 0 Å². The fourth-order valence-corrected chi connectivity index (χ4v) is 2.33. The molecule has 1 aliphatic carbocycles. The summed E-state index contributed by atoms with van der Waals surface area (Å²) < 4.78 is 0. The molecule has 0 aromatic heterocycles. The summed E-state index contributed by atoms with van der Waals surface area (Å²) in [5, 5.41) is 3.08. The van der Waals surface area contributed by atoms with Crippen LogP contribution in [0.1, 0.15) is 59.8 Å². The van der Waals surface area contributed by atoms with E-state index in [1.54, 1.807) is 0 Å². The zero-order chi connectivity index (χ0) is 13.8. The summed E-state index contributed by atoms with van der Waals surface area (Å²) in [5.74, 6) is 1.13. The first-order valence-corrected chi connectivity index (χ1v) is 7.35. The fraction of sp³-hybridized carbons (Fsp3) is 0.933. The van der Waals surface area contributed by atoms with E-state index in [4.69, 9.17) is 5.73 Å². The van der Waals surface area contributed by atoms with Crippen LogP contribution in [0.15, 0.2) is 0 Å². The maximum atomic E-state index is 12.0. The number of hydrogen-bond donors (Lipinski definition) is 2. The Morgan fingerprint density at radius 1 is 1.33 bits per heavy atom. The third kappa shape index (κ3) is 4.60. The number of nitrogens with two attached hydrogens (primary N) is 1. The van der Waals surface area contributed by atoms with Crippen molar-refractivity contribution in [2.45, 2.75) is 65.8 Å². The lowest BCUT2D eigenvalue weighted by Gasteiger charge is -2.31. The minimum atomic E-state index is 0.157. The van der Waals surface area contributed by atoms with Gasteiger partial charge in [-0.15, -0.1) is 0 Å². The molecule has 1 fully saturated rings. The van der Waals surface area contributed by atoms with Crippen LogP contribution in [0.25, 0.3) is 0 Å². The highest BCUT2D eigenvalue weighted by Gasteiger charge is 2.26. The predicted octanol–water partition coefficient (Wildman–Crippen LogP) is 2.69. The van der Waals surface area contributed by atoms with Crippen molar-refractivity contribution in [3.05, 3.63) is 0 Å². The molecule has 1 saturated carbocycles. The second-order valence-corrected chi connectivity index (χ2v) is 6.83. The van der Waals surface area contributed by atoms with Crippen molar-refractivity contribution >= 4 is 5.91 Å². The fourth-order valence-electron chi connectivity index (χ4n) is 2.33. The van der Waals surface area contributed by atoms with E-state index in [1.165, 1.54) is 12.8 Å². The van der Waals surface area contributed by atoms with Crippen LogP contribution in [0.3, 0.4) is 0 Å². The van der Waals surface area contributed by atoms with E-state index in [0.717, 1.165) is 19.4 Å². The van der Waals surface area contributed by atoms with Crippen molar-refractivity contribution in [2.75, 3.05) is 6.54 Å². The predicted molar refractivity (Wildman–Crippen MR) is 76.2 cm³/mol. The van der Waals surface area contributed by atoms with Crippen molar-refractivity contribution < 1.29 is 4.79 Å². The number of rotatable bonds is 5. The van der Waals surface area contributed by atoms with Crippen molar-refractivity contribution in [3.8, 4) is 0 Å². The Balaban J connectivity index is 2.33. The molecule has 0 saturated heterocycles. The van der Waals surface area contributed by atoms with E-state index in [9.17, 15) is 4.79 Å². The van der Waals surface area contributed by atoms with Crippen molar-refractivity contribution in [1.29, 1.82) is 0 Å². The standard InChI is InChI=1S/C15H30N2O/c1-11(2)15(3,4)10-17-14(18)9-12-7-5-6-8-13(12)16/h11-13H,5-10,16H2,1-4H3,(H,17,18). The van der Waals surface area contributed by atoms with E-state index in [2.05, 4.69) is 33.0 Å². The summed E-state index contributed by atoms with van der Waals surface area (Å²) in [6.07, 6.45) is 5.25. The highest BCUT2D eigenvalue weighted by Crippen LogP contribution is 2.27. The maximum Gasteiger partial charge on any atom is 0.220 e. The summed E-state index contributed by atoms with van der Waals surface area (Å²) in [4.78, 5) is 12.0. The van der Waals surface area contributed by atoms with Gasteiger partial charge >= 0.3 is 0 Å². The minimum Gasteiger partial charge on any atom is -0.356 e. The van der Waals surface area contributed by atoms with Crippen molar-refractivity contribution in [2.24, 2.45) is 23.0 Å². The molecule has 18 heavy (non-hydrogen) atoms. The van der Waals surface area contributed by atoms with Crippen LogP contribution in [0.2, 0.25) is 0 Å². The Kier molecular flexibility index (Phi) is 5.64. The molecule has 2 atom stereocenters. The number of carbonyl (C=O) groups is 1. The number of hydrogen-bond acceptors (Lipinski definition) is 2. The van der Waals surface area contributed by atoms with Crippen molar-refractivity contribution in [1.82, 2.24) is 5.32 Å². The summed E-state index contributed by atoms with van der Waals surface area (Å²) in [5.41, 5.74) is 6.23. The van der Waals surface area contributed by atoms with Crippen LogP contribution in [-0.2, 0) is 4.79 Å². The van der Waals surface area contributed by atoms with Gasteiger partial charge in [-0.1, -0.05) is 40.5 Å². The number of nitrogens with one attached hydrogen (secondary N) is 1. The highest BCUT2D eigenvalue weighted by molar-refractivity contribution is 5.76. The maximum absolute atomic E-state index is 12.0. The number of carbonyl (C=O) groups excluding carboxylic acids is 1. The zero-order valence-electron chi connectivity index (χ0n) is 12.5. The molecule has 2 unspecified atom stereocenters. The van der Waals surface area contributed by atoms with Crippen LogP contribution < -0.4 is 11.1 Å². The highest BCUT2D eigenvalue weighted by atomic mass is 16.1. The molecule has 0 spiro atoms. The van der Waals surface area contributed by atoms with Gasteiger partial charge in [0.15, 0.2) is 0 Å². The normalized spacial score (nSPS) is 25.2. The van der Waals surface area contributed by atoms with E-state index in [1.807, 2.05) is 0 Å². The lowest BCUT2D eigenvalue weighted by Crippen LogP contribution is -2.40. The lowest BCUT2D eigenvalue weighted by molar-refractivity contribution is -0.123. The van der Waals surface area contributed by atoms with Crippen molar-refractivity contribution in [3.63, 3.8) is 0 Å². The molecule has 0 aromatic rings. The average Bonchev–Trinajstić information content (AvgIpc) is 2.29. The summed E-state index contributed by atoms with van der Waals surface area (Å²) in [6.45, 7) is 9.55. The lowest BCUT2D eigenvalue weighted by atomic mass is 9.80. The minimum absolute atomic E-state index is 0.157. The van der Waals surface area contributed by atoms with E-state index >= 15 is 0 Å². The molecule has 0 bridgehead atoms. The Morgan fingerprint density at radius 2 is 1.94 bits per heavy atom. The van der Waals surface area contributed by atoms with Gasteiger partial charge in [0.25, 0.3) is 0 Å². The van der Waals surface area contributed by atoms with Crippen LogP contribution >= 0.6 is 0 Å². The van der Waals surface area contributed by atoms with Crippen LogP contribution in [0, 0.1) is 17.3 Å². The summed E-state index contributed by atoms with van der Waals surface area (Å²) in [7, 11) is 0.